The molecule has 1 aliphatic heterocycles. The van der Waals surface area contributed by atoms with Crippen LogP contribution in [0.1, 0.15) is 24.8 Å². The van der Waals surface area contributed by atoms with Gasteiger partial charge in [0, 0.05) is 18.9 Å². The molecule has 156 valence electrons. The van der Waals surface area contributed by atoms with Crippen LogP contribution in [0.25, 0.3) is 6.08 Å². The van der Waals surface area contributed by atoms with Crippen molar-refractivity contribution in [3.05, 3.63) is 36.2 Å². The van der Waals surface area contributed by atoms with E-state index in [9.17, 15) is 4.79 Å². The molecule has 1 aromatic heterocycles. The zero-order valence-electron chi connectivity index (χ0n) is 17.0. The van der Waals surface area contributed by atoms with E-state index in [0.29, 0.717) is 29.5 Å². The molecule has 0 bridgehead atoms. The van der Waals surface area contributed by atoms with Gasteiger partial charge in [-0.15, -0.1) is 0 Å². The van der Waals surface area contributed by atoms with E-state index >= 15 is 0 Å². The molecule has 8 nitrogen and oxygen atoms in total. The summed E-state index contributed by atoms with van der Waals surface area (Å²) in [4.78, 5) is 12.3. The molecule has 1 amide bonds. The van der Waals surface area contributed by atoms with Crippen molar-refractivity contribution in [2.75, 3.05) is 33.3 Å². The average Bonchev–Trinajstić information content (AvgIpc) is 3.18. The molecule has 29 heavy (non-hydrogen) atoms. The minimum atomic E-state index is -0.257. The Labute approximate surface area is 170 Å². The Hall–Kier alpha value is -3.00. The lowest BCUT2D eigenvalue weighted by atomic mass is 10.1. The van der Waals surface area contributed by atoms with E-state index in [-0.39, 0.29) is 12.0 Å². The van der Waals surface area contributed by atoms with Gasteiger partial charge >= 0.3 is 0 Å². The first kappa shape index (κ1) is 20.7. The Morgan fingerprint density at radius 1 is 1.24 bits per heavy atom. The predicted octanol–water partition coefficient (Wildman–Crippen LogP) is 3.13. The number of nitrogens with one attached hydrogen (secondary N) is 1. The van der Waals surface area contributed by atoms with Gasteiger partial charge in [-0.2, -0.15) is 5.10 Å². The first-order chi connectivity index (χ1) is 14.1. The van der Waals surface area contributed by atoms with Crippen LogP contribution in [0.15, 0.2) is 30.6 Å². The molecule has 0 spiro atoms. The van der Waals surface area contributed by atoms with Gasteiger partial charge in [0.05, 0.1) is 45.9 Å². The van der Waals surface area contributed by atoms with Crippen LogP contribution in [-0.4, -0.2) is 49.7 Å². The lowest BCUT2D eigenvalue weighted by Gasteiger charge is -2.22. The first-order valence-corrected chi connectivity index (χ1v) is 9.56. The van der Waals surface area contributed by atoms with E-state index in [1.54, 1.807) is 50.4 Å². The van der Waals surface area contributed by atoms with E-state index in [1.165, 1.54) is 12.5 Å². The maximum atomic E-state index is 12.3. The van der Waals surface area contributed by atoms with E-state index in [0.717, 1.165) is 25.0 Å². The van der Waals surface area contributed by atoms with Crippen LogP contribution < -0.4 is 19.5 Å². The summed E-state index contributed by atoms with van der Waals surface area (Å²) in [6, 6.07) is 3.54. The SMILES string of the molecule is COc1cc(/C=C/C(=O)Nc2cnn(CC3CCCCO3)c2)cc(OC)c1OC. The molecule has 8 heteroatoms. The van der Waals surface area contributed by atoms with Crippen molar-refractivity contribution < 1.29 is 23.7 Å². The zero-order valence-corrected chi connectivity index (χ0v) is 17.0. The van der Waals surface area contributed by atoms with Gasteiger partial charge < -0.3 is 24.3 Å². The van der Waals surface area contributed by atoms with Crippen LogP contribution in [0.4, 0.5) is 5.69 Å². The second kappa shape index (κ2) is 9.97. The monoisotopic (exact) mass is 401 g/mol. The summed E-state index contributed by atoms with van der Waals surface area (Å²) in [7, 11) is 4.64. The standard InChI is InChI=1S/C21H27N3O5/c1-26-18-10-15(11-19(27-2)21(18)28-3)7-8-20(25)23-16-12-22-24(13-16)14-17-6-4-5-9-29-17/h7-8,10-13,17H,4-6,9,14H2,1-3H3,(H,23,25)/b8-7+. The number of amides is 1. The highest BCUT2D eigenvalue weighted by molar-refractivity contribution is 6.01. The number of benzene rings is 1. The van der Waals surface area contributed by atoms with Crippen LogP contribution in [0.2, 0.25) is 0 Å². The maximum absolute atomic E-state index is 12.3. The minimum Gasteiger partial charge on any atom is -0.493 e. The van der Waals surface area contributed by atoms with Crippen LogP contribution in [0, 0.1) is 0 Å². The molecule has 2 heterocycles. The molecule has 3 rings (SSSR count). The second-order valence-electron chi connectivity index (χ2n) is 6.72. The number of ether oxygens (including phenoxy) is 4. The highest BCUT2D eigenvalue weighted by Gasteiger charge is 2.15. The number of methoxy groups -OCH3 is 3. The third kappa shape index (κ3) is 5.51. The van der Waals surface area contributed by atoms with Gasteiger partial charge in [0.2, 0.25) is 11.7 Å². The third-order valence-corrected chi connectivity index (χ3v) is 4.68. The van der Waals surface area contributed by atoms with Crippen molar-refractivity contribution >= 4 is 17.7 Å². The number of carbonyl (C=O) groups excluding carboxylic acids is 1. The molecule has 1 aromatic carbocycles. The number of nitrogens with zero attached hydrogens (tertiary/aromatic N) is 2. The van der Waals surface area contributed by atoms with Crippen LogP contribution in [0.5, 0.6) is 17.2 Å². The van der Waals surface area contributed by atoms with Gasteiger partial charge in [-0.05, 0) is 43.0 Å². The molecule has 1 saturated heterocycles. The van der Waals surface area contributed by atoms with Crippen molar-refractivity contribution in [1.82, 2.24) is 9.78 Å². The molecule has 0 aliphatic carbocycles. The Balaban J connectivity index is 1.61. The highest BCUT2D eigenvalue weighted by Crippen LogP contribution is 2.38. The molecule has 1 N–H and O–H groups in total. The number of aromatic nitrogens is 2. The number of carbonyl (C=O) groups is 1. The zero-order chi connectivity index (χ0) is 20.6. The molecule has 1 aliphatic rings. The first-order valence-electron chi connectivity index (χ1n) is 9.56. The van der Waals surface area contributed by atoms with Crippen molar-refractivity contribution in [3.8, 4) is 17.2 Å². The summed E-state index contributed by atoms with van der Waals surface area (Å²) in [5.41, 5.74) is 1.39. The summed E-state index contributed by atoms with van der Waals surface area (Å²) >= 11 is 0. The Kier molecular flexibility index (Phi) is 7.13. The lowest BCUT2D eigenvalue weighted by molar-refractivity contribution is -0.111. The largest absolute Gasteiger partial charge is 0.493 e. The van der Waals surface area contributed by atoms with Crippen LogP contribution >= 0.6 is 0 Å². The van der Waals surface area contributed by atoms with Crippen molar-refractivity contribution in [3.63, 3.8) is 0 Å². The topological polar surface area (TPSA) is 83.8 Å². The predicted molar refractivity (Wildman–Crippen MR) is 110 cm³/mol. The minimum absolute atomic E-state index is 0.187. The molecule has 1 unspecified atom stereocenters. The van der Waals surface area contributed by atoms with Crippen molar-refractivity contribution in [2.45, 2.75) is 31.9 Å². The fourth-order valence-electron chi connectivity index (χ4n) is 3.24. The van der Waals surface area contributed by atoms with Gasteiger partial charge in [0.25, 0.3) is 0 Å². The quantitative estimate of drug-likeness (QED) is 0.684. The number of rotatable bonds is 8. The molecule has 2 aromatic rings. The fraction of sp³-hybridized carbons (Fsp3) is 0.429. The Morgan fingerprint density at radius 2 is 2.00 bits per heavy atom. The summed E-state index contributed by atoms with van der Waals surface area (Å²) in [5, 5.41) is 7.11. The second-order valence-corrected chi connectivity index (χ2v) is 6.72. The van der Waals surface area contributed by atoms with Gasteiger partial charge in [-0.1, -0.05) is 0 Å². The maximum Gasteiger partial charge on any atom is 0.248 e. The Morgan fingerprint density at radius 3 is 2.62 bits per heavy atom. The molecular formula is C21H27N3O5. The van der Waals surface area contributed by atoms with E-state index in [2.05, 4.69) is 10.4 Å². The average molecular weight is 401 g/mol. The normalized spacial score (nSPS) is 16.6. The van der Waals surface area contributed by atoms with Crippen LogP contribution in [0.3, 0.4) is 0 Å². The van der Waals surface area contributed by atoms with Gasteiger partial charge in [-0.3, -0.25) is 9.48 Å². The fourth-order valence-corrected chi connectivity index (χ4v) is 3.24. The van der Waals surface area contributed by atoms with Crippen molar-refractivity contribution in [2.24, 2.45) is 0 Å². The van der Waals surface area contributed by atoms with Crippen LogP contribution in [-0.2, 0) is 16.1 Å². The van der Waals surface area contributed by atoms with Gasteiger partial charge in [0.1, 0.15) is 0 Å². The Bertz CT molecular complexity index is 831. The third-order valence-electron chi connectivity index (χ3n) is 4.68. The molecular weight excluding hydrogens is 374 g/mol. The molecule has 1 atom stereocenters. The number of hydrogen-bond donors (Lipinski definition) is 1. The molecule has 1 fully saturated rings. The van der Waals surface area contributed by atoms with E-state index < -0.39 is 0 Å². The summed E-state index contributed by atoms with van der Waals surface area (Å²) in [5.74, 6) is 1.30. The molecule has 0 radical (unpaired) electrons. The summed E-state index contributed by atoms with van der Waals surface area (Å²) in [6.45, 7) is 1.50. The van der Waals surface area contributed by atoms with Gasteiger partial charge in [-0.25, -0.2) is 0 Å². The highest BCUT2D eigenvalue weighted by atomic mass is 16.5. The van der Waals surface area contributed by atoms with Crippen molar-refractivity contribution in [1.29, 1.82) is 0 Å². The summed E-state index contributed by atoms with van der Waals surface area (Å²) < 4.78 is 23.5. The number of hydrogen-bond acceptors (Lipinski definition) is 6. The molecule has 0 saturated carbocycles. The van der Waals surface area contributed by atoms with E-state index in [4.69, 9.17) is 18.9 Å². The number of anilines is 1. The lowest BCUT2D eigenvalue weighted by Crippen LogP contribution is -2.24. The van der Waals surface area contributed by atoms with Gasteiger partial charge in [0.15, 0.2) is 11.5 Å². The summed E-state index contributed by atoms with van der Waals surface area (Å²) in [6.07, 6.45) is 10.1. The van der Waals surface area contributed by atoms with E-state index in [1.807, 2.05) is 6.20 Å². The smallest absolute Gasteiger partial charge is 0.248 e.